The number of rotatable bonds is 5. The van der Waals surface area contributed by atoms with Crippen molar-refractivity contribution in [2.45, 2.75) is 31.8 Å². The smallest absolute Gasteiger partial charge is 0.177 e. The van der Waals surface area contributed by atoms with Crippen LogP contribution in [0.3, 0.4) is 0 Å². The molecule has 1 saturated heterocycles. The summed E-state index contributed by atoms with van der Waals surface area (Å²) in [5.74, 6) is 0.874. The summed E-state index contributed by atoms with van der Waals surface area (Å²) in [7, 11) is 2.15. The highest BCUT2D eigenvalue weighted by atomic mass is 32.1. The number of aromatic nitrogens is 1. The van der Waals surface area contributed by atoms with Crippen molar-refractivity contribution in [3.63, 3.8) is 0 Å². The van der Waals surface area contributed by atoms with E-state index in [4.69, 9.17) is 4.52 Å². The maximum atomic E-state index is 5.42. The Hall–Kier alpha value is -1.17. The van der Waals surface area contributed by atoms with E-state index in [-0.39, 0.29) is 0 Å². The van der Waals surface area contributed by atoms with Crippen LogP contribution in [-0.4, -0.2) is 36.2 Å². The molecule has 0 amide bonds. The van der Waals surface area contributed by atoms with Crippen molar-refractivity contribution in [3.8, 4) is 10.6 Å². The van der Waals surface area contributed by atoms with E-state index in [2.05, 4.69) is 39.9 Å². The van der Waals surface area contributed by atoms with Gasteiger partial charge in [0.25, 0.3) is 0 Å². The largest absolute Gasteiger partial charge is 0.355 e. The van der Waals surface area contributed by atoms with Crippen LogP contribution < -0.4 is 5.32 Å². The molecule has 2 aromatic heterocycles. The first kappa shape index (κ1) is 13.8. The van der Waals surface area contributed by atoms with Gasteiger partial charge in [-0.15, -0.1) is 11.3 Å². The highest BCUT2D eigenvalue weighted by Crippen LogP contribution is 2.25. The lowest BCUT2D eigenvalue weighted by Crippen LogP contribution is -2.42. The summed E-state index contributed by atoms with van der Waals surface area (Å²) < 4.78 is 5.42. The molecule has 0 aliphatic carbocycles. The molecule has 0 saturated carbocycles. The van der Waals surface area contributed by atoms with Crippen LogP contribution >= 0.6 is 11.3 Å². The molecule has 3 heterocycles. The SMILES string of the molecule is CN(Cc1cc(-c2cccs2)on1)CC1CCCCN1. The van der Waals surface area contributed by atoms with E-state index in [1.54, 1.807) is 11.3 Å². The molecule has 2 aromatic rings. The molecule has 1 fully saturated rings. The normalized spacial score (nSPS) is 19.6. The zero-order chi connectivity index (χ0) is 13.8. The minimum atomic E-state index is 0.623. The molecule has 20 heavy (non-hydrogen) atoms. The van der Waals surface area contributed by atoms with Crippen LogP contribution in [0.25, 0.3) is 10.6 Å². The van der Waals surface area contributed by atoms with Crippen molar-refractivity contribution in [1.82, 2.24) is 15.4 Å². The van der Waals surface area contributed by atoms with Gasteiger partial charge in [0.05, 0.1) is 10.6 Å². The molecule has 1 atom stereocenters. The summed E-state index contributed by atoms with van der Waals surface area (Å²) in [4.78, 5) is 3.46. The van der Waals surface area contributed by atoms with Crippen molar-refractivity contribution in [2.75, 3.05) is 20.1 Å². The Kier molecular flexibility index (Phi) is 4.50. The van der Waals surface area contributed by atoms with E-state index in [1.807, 2.05) is 6.07 Å². The van der Waals surface area contributed by atoms with Gasteiger partial charge in [0.2, 0.25) is 0 Å². The number of thiophene rings is 1. The fourth-order valence-electron chi connectivity index (χ4n) is 2.72. The first-order valence-corrected chi connectivity index (χ1v) is 8.10. The quantitative estimate of drug-likeness (QED) is 0.919. The van der Waals surface area contributed by atoms with Gasteiger partial charge in [0, 0.05) is 25.2 Å². The molecule has 108 valence electrons. The van der Waals surface area contributed by atoms with Crippen LogP contribution in [-0.2, 0) is 6.54 Å². The van der Waals surface area contributed by atoms with Gasteiger partial charge in [-0.25, -0.2) is 0 Å². The molecule has 0 aromatic carbocycles. The summed E-state index contributed by atoms with van der Waals surface area (Å²) >= 11 is 1.68. The zero-order valence-electron chi connectivity index (χ0n) is 11.8. The summed E-state index contributed by atoms with van der Waals surface area (Å²) in [6.45, 7) is 3.07. The Balaban J connectivity index is 1.54. The molecule has 1 aliphatic rings. The fraction of sp³-hybridized carbons (Fsp3) is 0.533. The molecule has 5 heteroatoms. The van der Waals surface area contributed by atoms with Crippen LogP contribution in [0.2, 0.25) is 0 Å². The van der Waals surface area contributed by atoms with E-state index < -0.39 is 0 Å². The Morgan fingerprint density at radius 1 is 1.50 bits per heavy atom. The Bertz CT molecular complexity index is 517. The fourth-order valence-corrected chi connectivity index (χ4v) is 3.39. The van der Waals surface area contributed by atoms with Gasteiger partial charge in [0.15, 0.2) is 5.76 Å². The van der Waals surface area contributed by atoms with Crippen LogP contribution in [0, 0.1) is 0 Å². The van der Waals surface area contributed by atoms with Crippen LogP contribution in [0.1, 0.15) is 25.0 Å². The summed E-state index contributed by atoms with van der Waals surface area (Å²) in [5.41, 5.74) is 1.01. The predicted octanol–water partition coefficient (Wildman–Crippen LogP) is 2.98. The highest BCUT2D eigenvalue weighted by Gasteiger charge is 2.16. The number of piperidine rings is 1. The van der Waals surface area contributed by atoms with E-state index in [0.29, 0.717) is 6.04 Å². The van der Waals surface area contributed by atoms with E-state index in [9.17, 15) is 0 Å². The summed E-state index contributed by atoms with van der Waals surface area (Å²) in [6, 6.07) is 6.77. The lowest BCUT2D eigenvalue weighted by molar-refractivity contribution is 0.250. The molecule has 3 rings (SSSR count). The summed E-state index contributed by atoms with van der Waals surface area (Å²) in [6.07, 6.45) is 3.94. The van der Waals surface area contributed by atoms with Crippen LogP contribution in [0.4, 0.5) is 0 Å². The average Bonchev–Trinajstić information content (AvgIpc) is 3.10. The first-order chi connectivity index (χ1) is 9.81. The van der Waals surface area contributed by atoms with Crippen molar-refractivity contribution >= 4 is 11.3 Å². The number of hydrogen-bond donors (Lipinski definition) is 1. The molecule has 1 N–H and O–H groups in total. The second-order valence-electron chi connectivity index (χ2n) is 5.50. The highest BCUT2D eigenvalue weighted by molar-refractivity contribution is 7.13. The monoisotopic (exact) mass is 291 g/mol. The standard InChI is InChI=1S/C15H21N3OS/c1-18(10-12-5-2-3-7-16-12)11-13-9-14(19-17-13)15-6-4-8-20-15/h4,6,8-9,12,16H,2-3,5,7,10-11H2,1H3. The van der Waals surface area contributed by atoms with Crippen molar-refractivity contribution < 1.29 is 4.52 Å². The van der Waals surface area contributed by atoms with Gasteiger partial charge in [-0.3, -0.25) is 4.90 Å². The third-order valence-electron chi connectivity index (χ3n) is 3.70. The zero-order valence-corrected chi connectivity index (χ0v) is 12.7. The number of hydrogen-bond acceptors (Lipinski definition) is 5. The van der Waals surface area contributed by atoms with Gasteiger partial charge in [-0.05, 0) is 37.9 Å². The second-order valence-corrected chi connectivity index (χ2v) is 6.45. The molecule has 1 unspecified atom stereocenters. The van der Waals surface area contributed by atoms with Gasteiger partial charge in [-0.2, -0.15) is 0 Å². The van der Waals surface area contributed by atoms with Crippen LogP contribution in [0.5, 0.6) is 0 Å². The van der Waals surface area contributed by atoms with E-state index in [0.717, 1.165) is 36.0 Å². The van der Waals surface area contributed by atoms with Gasteiger partial charge in [0.1, 0.15) is 0 Å². The molecular formula is C15H21N3OS. The lowest BCUT2D eigenvalue weighted by atomic mass is 10.0. The molecule has 0 bridgehead atoms. The van der Waals surface area contributed by atoms with E-state index >= 15 is 0 Å². The Morgan fingerprint density at radius 3 is 3.20 bits per heavy atom. The molecule has 0 radical (unpaired) electrons. The van der Waals surface area contributed by atoms with Crippen molar-refractivity contribution in [1.29, 1.82) is 0 Å². The minimum absolute atomic E-state index is 0.623. The number of nitrogens with zero attached hydrogens (tertiary/aromatic N) is 2. The third kappa shape index (κ3) is 3.48. The Labute approximate surface area is 123 Å². The number of likely N-dealkylation sites (N-methyl/N-ethyl adjacent to an activating group) is 1. The molecule has 0 spiro atoms. The molecule has 1 aliphatic heterocycles. The topological polar surface area (TPSA) is 41.3 Å². The minimum Gasteiger partial charge on any atom is -0.355 e. The lowest BCUT2D eigenvalue weighted by Gasteiger charge is -2.27. The molecular weight excluding hydrogens is 270 g/mol. The van der Waals surface area contributed by atoms with E-state index in [1.165, 1.54) is 19.3 Å². The average molecular weight is 291 g/mol. The predicted molar refractivity (Wildman–Crippen MR) is 81.8 cm³/mol. The Morgan fingerprint density at radius 2 is 2.45 bits per heavy atom. The second kappa shape index (κ2) is 6.52. The van der Waals surface area contributed by atoms with Gasteiger partial charge in [-0.1, -0.05) is 17.6 Å². The maximum absolute atomic E-state index is 5.42. The van der Waals surface area contributed by atoms with Gasteiger partial charge < -0.3 is 9.84 Å². The third-order valence-corrected chi connectivity index (χ3v) is 4.58. The van der Waals surface area contributed by atoms with Crippen LogP contribution in [0.15, 0.2) is 28.1 Å². The van der Waals surface area contributed by atoms with Crippen molar-refractivity contribution in [3.05, 3.63) is 29.3 Å². The summed E-state index contributed by atoms with van der Waals surface area (Å²) in [5, 5.41) is 9.81. The van der Waals surface area contributed by atoms with Gasteiger partial charge >= 0.3 is 0 Å². The first-order valence-electron chi connectivity index (χ1n) is 7.22. The van der Waals surface area contributed by atoms with Crippen molar-refractivity contribution in [2.24, 2.45) is 0 Å². The number of nitrogens with one attached hydrogen (secondary N) is 1. The molecule has 4 nitrogen and oxygen atoms in total. The maximum Gasteiger partial charge on any atom is 0.177 e.